The number of carbonyl (C=O) groups is 1. The van der Waals surface area contributed by atoms with Gasteiger partial charge < -0.3 is 5.32 Å². The van der Waals surface area contributed by atoms with Gasteiger partial charge in [0.05, 0.1) is 16.9 Å². The van der Waals surface area contributed by atoms with Gasteiger partial charge in [-0.15, -0.1) is 0 Å². The summed E-state index contributed by atoms with van der Waals surface area (Å²) < 4.78 is 0. The Labute approximate surface area is 87.8 Å². The summed E-state index contributed by atoms with van der Waals surface area (Å²) in [5, 5.41) is 3.22. The van der Waals surface area contributed by atoms with E-state index >= 15 is 0 Å². The van der Waals surface area contributed by atoms with Crippen LogP contribution in [0.3, 0.4) is 0 Å². The second kappa shape index (κ2) is 4.77. The summed E-state index contributed by atoms with van der Waals surface area (Å²) in [6.07, 6.45) is 6.23. The summed E-state index contributed by atoms with van der Waals surface area (Å²) >= 11 is 5.84. The molecule has 1 rings (SSSR count). The van der Waals surface area contributed by atoms with Crippen LogP contribution in [0.4, 0.5) is 5.69 Å². The molecule has 1 aromatic rings. The molecule has 0 fully saturated rings. The van der Waals surface area contributed by atoms with E-state index < -0.39 is 0 Å². The van der Waals surface area contributed by atoms with Crippen molar-refractivity contribution in [2.24, 2.45) is 0 Å². The van der Waals surface area contributed by atoms with E-state index in [1.54, 1.807) is 25.4 Å². The summed E-state index contributed by atoms with van der Waals surface area (Å²) in [7, 11) is 0. The Kier molecular flexibility index (Phi) is 3.65. The lowest BCUT2D eigenvalue weighted by molar-refractivity contribution is -0.111. The van der Waals surface area contributed by atoms with Crippen LogP contribution in [0.5, 0.6) is 0 Å². The molecule has 1 heterocycles. The lowest BCUT2D eigenvalue weighted by Crippen LogP contribution is -2.09. The Morgan fingerprint density at radius 3 is 2.93 bits per heavy atom. The Bertz CT molecular complexity index is 374. The monoisotopic (exact) mass is 210 g/mol. The van der Waals surface area contributed by atoms with Gasteiger partial charge in [0, 0.05) is 6.20 Å². The van der Waals surface area contributed by atoms with Gasteiger partial charge in [-0.25, -0.2) is 0 Å². The van der Waals surface area contributed by atoms with Gasteiger partial charge in [0.25, 0.3) is 0 Å². The van der Waals surface area contributed by atoms with Crippen molar-refractivity contribution in [3.63, 3.8) is 0 Å². The summed E-state index contributed by atoms with van der Waals surface area (Å²) in [5.74, 6) is -0.181. The highest BCUT2D eigenvalue weighted by Crippen LogP contribution is 2.21. The molecule has 0 aliphatic carbocycles. The number of amides is 1. The number of hydrogen-bond donors (Lipinski definition) is 1. The molecule has 0 aromatic carbocycles. The average molecular weight is 211 g/mol. The van der Waals surface area contributed by atoms with Crippen molar-refractivity contribution in [1.82, 2.24) is 4.98 Å². The molecule has 0 radical (unpaired) electrons. The van der Waals surface area contributed by atoms with Gasteiger partial charge >= 0.3 is 0 Å². The van der Waals surface area contributed by atoms with Gasteiger partial charge in [-0.1, -0.05) is 17.7 Å². The number of allylic oxidation sites excluding steroid dienone is 1. The van der Waals surface area contributed by atoms with E-state index in [9.17, 15) is 4.79 Å². The molecule has 1 aromatic heterocycles. The van der Waals surface area contributed by atoms with Crippen molar-refractivity contribution >= 4 is 23.2 Å². The standard InChI is InChI=1S/C10H11ClN2O/c1-3-4-10(14)13-9-6-12-5-8(11)7(9)2/h3-6H,1-2H3,(H,13,14)/b4-3+. The highest BCUT2D eigenvalue weighted by atomic mass is 35.5. The van der Waals surface area contributed by atoms with Gasteiger partial charge in [0.15, 0.2) is 0 Å². The van der Waals surface area contributed by atoms with Crippen molar-refractivity contribution < 1.29 is 4.79 Å². The molecule has 0 aliphatic rings. The number of hydrogen-bond acceptors (Lipinski definition) is 2. The quantitative estimate of drug-likeness (QED) is 0.763. The molecule has 3 nitrogen and oxygen atoms in total. The minimum absolute atomic E-state index is 0.181. The van der Waals surface area contributed by atoms with Crippen LogP contribution in [0.25, 0.3) is 0 Å². The van der Waals surface area contributed by atoms with Crippen molar-refractivity contribution in [3.05, 3.63) is 35.1 Å². The van der Waals surface area contributed by atoms with E-state index in [4.69, 9.17) is 11.6 Å². The minimum Gasteiger partial charge on any atom is -0.321 e. The van der Waals surface area contributed by atoms with E-state index in [-0.39, 0.29) is 5.91 Å². The van der Waals surface area contributed by atoms with Gasteiger partial charge in [0.1, 0.15) is 0 Å². The molecule has 14 heavy (non-hydrogen) atoms. The van der Waals surface area contributed by atoms with Crippen LogP contribution in [0, 0.1) is 6.92 Å². The topological polar surface area (TPSA) is 42.0 Å². The van der Waals surface area contributed by atoms with Crippen LogP contribution in [-0.2, 0) is 4.79 Å². The first kappa shape index (κ1) is 10.7. The van der Waals surface area contributed by atoms with Crippen molar-refractivity contribution in [2.75, 3.05) is 5.32 Å². The molecule has 0 aliphatic heterocycles. The van der Waals surface area contributed by atoms with E-state index in [0.29, 0.717) is 10.7 Å². The van der Waals surface area contributed by atoms with Crippen LogP contribution in [-0.4, -0.2) is 10.9 Å². The van der Waals surface area contributed by atoms with E-state index in [1.165, 1.54) is 6.08 Å². The Morgan fingerprint density at radius 1 is 1.57 bits per heavy atom. The molecule has 0 spiro atoms. The van der Waals surface area contributed by atoms with E-state index in [1.807, 2.05) is 6.92 Å². The van der Waals surface area contributed by atoms with Crippen molar-refractivity contribution in [2.45, 2.75) is 13.8 Å². The van der Waals surface area contributed by atoms with Gasteiger partial charge in [-0.2, -0.15) is 0 Å². The summed E-state index contributed by atoms with van der Waals surface area (Å²) in [6, 6.07) is 0. The lowest BCUT2D eigenvalue weighted by Gasteiger charge is -2.06. The zero-order valence-corrected chi connectivity index (χ0v) is 8.80. The Morgan fingerprint density at radius 2 is 2.29 bits per heavy atom. The minimum atomic E-state index is -0.181. The average Bonchev–Trinajstić information content (AvgIpc) is 2.13. The predicted molar refractivity (Wildman–Crippen MR) is 57.4 cm³/mol. The molecule has 4 heteroatoms. The maximum absolute atomic E-state index is 11.2. The summed E-state index contributed by atoms with van der Waals surface area (Å²) in [4.78, 5) is 15.1. The first-order chi connectivity index (χ1) is 6.65. The highest BCUT2D eigenvalue weighted by Gasteiger charge is 2.04. The maximum Gasteiger partial charge on any atom is 0.248 e. The molecular weight excluding hydrogens is 200 g/mol. The summed E-state index contributed by atoms with van der Waals surface area (Å²) in [6.45, 7) is 3.61. The first-order valence-corrected chi connectivity index (χ1v) is 4.56. The highest BCUT2D eigenvalue weighted by molar-refractivity contribution is 6.31. The number of pyridine rings is 1. The molecular formula is C10H11ClN2O. The maximum atomic E-state index is 11.2. The summed E-state index contributed by atoms with van der Waals surface area (Å²) in [5.41, 5.74) is 1.46. The van der Waals surface area contributed by atoms with Crippen LogP contribution in [0.15, 0.2) is 24.5 Å². The lowest BCUT2D eigenvalue weighted by atomic mass is 10.2. The fourth-order valence-electron chi connectivity index (χ4n) is 0.951. The van der Waals surface area contributed by atoms with Gasteiger partial charge in [-0.05, 0) is 25.5 Å². The fourth-order valence-corrected chi connectivity index (χ4v) is 1.11. The normalized spacial score (nSPS) is 10.5. The molecule has 0 saturated carbocycles. The van der Waals surface area contributed by atoms with Gasteiger partial charge in [0.2, 0.25) is 5.91 Å². The van der Waals surface area contributed by atoms with E-state index in [2.05, 4.69) is 10.3 Å². The zero-order chi connectivity index (χ0) is 10.6. The predicted octanol–water partition coefficient (Wildman–Crippen LogP) is 2.56. The molecule has 1 amide bonds. The number of carbonyl (C=O) groups excluding carboxylic acids is 1. The third kappa shape index (κ3) is 2.57. The number of halogens is 1. The third-order valence-corrected chi connectivity index (χ3v) is 2.11. The SMILES string of the molecule is C/C=C/C(=O)Nc1cncc(Cl)c1C. The molecule has 0 bridgehead atoms. The Hall–Kier alpha value is -1.35. The molecule has 0 unspecified atom stereocenters. The number of anilines is 1. The van der Waals surface area contributed by atoms with Gasteiger partial charge in [-0.3, -0.25) is 9.78 Å². The third-order valence-electron chi connectivity index (χ3n) is 1.73. The number of nitrogens with one attached hydrogen (secondary N) is 1. The molecule has 0 atom stereocenters. The molecule has 1 N–H and O–H groups in total. The largest absolute Gasteiger partial charge is 0.321 e. The first-order valence-electron chi connectivity index (χ1n) is 4.19. The van der Waals surface area contributed by atoms with Crippen LogP contribution < -0.4 is 5.32 Å². The second-order valence-electron chi connectivity index (χ2n) is 2.78. The second-order valence-corrected chi connectivity index (χ2v) is 3.19. The van der Waals surface area contributed by atoms with Crippen LogP contribution >= 0.6 is 11.6 Å². The number of rotatable bonds is 2. The van der Waals surface area contributed by atoms with Crippen molar-refractivity contribution in [1.29, 1.82) is 0 Å². The number of nitrogens with zero attached hydrogens (tertiary/aromatic N) is 1. The van der Waals surface area contributed by atoms with Crippen molar-refractivity contribution in [3.8, 4) is 0 Å². The number of aromatic nitrogens is 1. The van der Waals surface area contributed by atoms with Crippen LogP contribution in [0.1, 0.15) is 12.5 Å². The molecule has 0 saturated heterocycles. The fraction of sp³-hybridized carbons (Fsp3) is 0.200. The Balaban J connectivity index is 2.87. The molecule has 74 valence electrons. The van der Waals surface area contributed by atoms with Crippen LogP contribution in [0.2, 0.25) is 5.02 Å². The zero-order valence-electron chi connectivity index (χ0n) is 8.04. The van der Waals surface area contributed by atoms with E-state index in [0.717, 1.165) is 5.56 Å². The smallest absolute Gasteiger partial charge is 0.248 e.